The van der Waals surface area contributed by atoms with Gasteiger partial charge in [0.1, 0.15) is 0 Å². The molecule has 4 nitrogen and oxygen atoms in total. The molecule has 1 saturated heterocycles. The summed E-state index contributed by atoms with van der Waals surface area (Å²) in [7, 11) is 0. The average Bonchev–Trinajstić information content (AvgIpc) is 2.64. The minimum Gasteiger partial charge on any atom is -0.481 e. The number of carboxylic acid groups (broad SMARTS) is 1. The van der Waals surface area contributed by atoms with Crippen molar-refractivity contribution in [3.8, 4) is 0 Å². The number of pyridine rings is 1. The molecule has 0 amide bonds. The Balaban J connectivity index is 2.21. The normalized spacial score (nSPS) is 18.8. The third-order valence-electron chi connectivity index (χ3n) is 3.56. The highest BCUT2D eigenvalue weighted by Crippen LogP contribution is 2.28. The quantitative estimate of drug-likeness (QED) is 0.922. The molecule has 0 bridgehead atoms. The molecule has 104 valence electrons. The van der Waals surface area contributed by atoms with Crippen molar-refractivity contribution in [1.82, 2.24) is 9.88 Å². The molecule has 2 heterocycles. The fraction of sp³-hybridized carbons (Fsp3) is 0.571. The van der Waals surface area contributed by atoms with E-state index < -0.39 is 5.97 Å². The highest BCUT2D eigenvalue weighted by Gasteiger charge is 2.24. The molecule has 0 saturated carbocycles. The minimum absolute atomic E-state index is 0.0689. The first-order valence-corrected chi connectivity index (χ1v) is 7.52. The SMILES string of the molecule is O=C(O)CC(c1cncc(Br)c1)N1CCCCCC1. The van der Waals surface area contributed by atoms with Gasteiger partial charge >= 0.3 is 5.97 Å². The van der Waals surface area contributed by atoms with Gasteiger partial charge in [0, 0.05) is 22.9 Å². The van der Waals surface area contributed by atoms with Crippen LogP contribution in [0, 0.1) is 0 Å². The number of halogens is 1. The van der Waals surface area contributed by atoms with E-state index in [-0.39, 0.29) is 12.5 Å². The van der Waals surface area contributed by atoms with Gasteiger partial charge in [-0.05, 0) is 53.5 Å². The van der Waals surface area contributed by atoms with Crippen molar-refractivity contribution in [3.63, 3.8) is 0 Å². The van der Waals surface area contributed by atoms with E-state index in [4.69, 9.17) is 5.11 Å². The summed E-state index contributed by atoms with van der Waals surface area (Å²) in [4.78, 5) is 17.6. The van der Waals surface area contributed by atoms with E-state index in [0.717, 1.165) is 36.0 Å². The molecule has 0 spiro atoms. The van der Waals surface area contributed by atoms with Gasteiger partial charge in [-0.15, -0.1) is 0 Å². The molecule has 1 aliphatic heterocycles. The maximum atomic E-state index is 11.1. The van der Waals surface area contributed by atoms with Crippen molar-refractivity contribution in [2.75, 3.05) is 13.1 Å². The second-order valence-electron chi connectivity index (χ2n) is 5.00. The summed E-state index contributed by atoms with van der Waals surface area (Å²) in [6, 6.07) is 1.91. The second-order valence-corrected chi connectivity index (χ2v) is 5.92. The van der Waals surface area contributed by atoms with Gasteiger partial charge in [-0.1, -0.05) is 12.8 Å². The van der Waals surface area contributed by atoms with E-state index in [9.17, 15) is 4.79 Å². The van der Waals surface area contributed by atoms with Crippen molar-refractivity contribution in [2.45, 2.75) is 38.1 Å². The number of rotatable bonds is 4. The number of likely N-dealkylation sites (tertiary alicyclic amines) is 1. The summed E-state index contributed by atoms with van der Waals surface area (Å²) in [6.07, 6.45) is 8.43. The first-order valence-electron chi connectivity index (χ1n) is 6.73. The molecule has 1 aliphatic rings. The molecule has 1 aromatic heterocycles. The first-order chi connectivity index (χ1) is 9.16. The molecule has 19 heavy (non-hydrogen) atoms. The van der Waals surface area contributed by atoms with E-state index in [0.29, 0.717) is 0 Å². The molecule has 0 radical (unpaired) electrons. The second kappa shape index (κ2) is 7.01. The van der Waals surface area contributed by atoms with Crippen molar-refractivity contribution in [1.29, 1.82) is 0 Å². The van der Waals surface area contributed by atoms with Crippen molar-refractivity contribution in [2.24, 2.45) is 0 Å². The molecule has 1 fully saturated rings. The van der Waals surface area contributed by atoms with Crippen molar-refractivity contribution < 1.29 is 9.90 Å². The Morgan fingerprint density at radius 2 is 2.00 bits per heavy atom. The van der Waals surface area contributed by atoms with Gasteiger partial charge in [-0.3, -0.25) is 14.7 Å². The molecular weight excluding hydrogens is 308 g/mol. The summed E-state index contributed by atoms with van der Waals surface area (Å²) in [5, 5.41) is 9.16. The molecular formula is C14H19BrN2O2. The van der Waals surface area contributed by atoms with Crippen LogP contribution in [-0.2, 0) is 4.79 Å². The molecule has 0 aliphatic carbocycles. The Bertz CT molecular complexity index is 431. The molecule has 1 atom stereocenters. The van der Waals surface area contributed by atoms with Crippen LogP contribution >= 0.6 is 15.9 Å². The zero-order chi connectivity index (χ0) is 13.7. The Morgan fingerprint density at radius 1 is 1.32 bits per heavy atom. The average molecular weight is 327 g/mol. The van der Waals surface area contributed by atoms with Gasteiger partial charge in [0.25, 0.3) is 0 Å². The maximum absolute atomic E-state index is 11.1. The van der Waals surface area contributed by atoms with Gasteiger partial charge in [0.05, 0.1) is 6.42 Å². The molecule has 1 N–H and O–H groups in total. The van der Waals surface area contributed by atoms with Gasteiger partial charge in [-0.25, -0.2) is 0 Å². The number of hydrogen-bond donors (Lipinski definition) is 1. The van der Waals surface area contributed by atoms with Crippen LogP contribution in [0.5, 0.6) is 0 Å². The predicted octanol–water partition coefficient (Wildman–Crippen LogP) is 3.24. The summed E-state index contributed by atoms with van der Waals surface area (Å²) >= 11 is 3.41. The monoisotopic (exact) mass is 326 g/mol. The van der Waals surface area contributed by atoms with Crippen LogP contribution in [-0.4, -0.2) is 34.0 Å². The molecule has 1 unspecified atom stereocenters. The zero-order valence-electron chi connectivity index (χ0n) is 10.9. The molecule has 1 aromatic rings. The zero-order valence-corrected chi connectivity index (χ0v) is 12.5. The predicted molar refractivity (Wildman–Crippen MR) is 77.0 cm³/mol. The summed E-state index contributed by atoms with van der Waals surface area (Å²) in [6.45, 7) is 1.95. The van der Waals surface area contributed by atoms with Crippen molar-refractivity contribution in [3.05, 3.63) is 28.5 Å². The summed E-state index contributed by atoms with van der Waals surface area (Å²) < 4.78 is 0.898. The lowest BCUT2D eigenvalue weighted by Crippen LogP contribution is -2.31. The topological polar surface area (TPSA) is 53.4 Å². The number of hydrogen-bond acceptors (Lipinski definition) is 3. The van der Waals surface area contributed by atoms with E-state index >= 15 is 0 Å². The summed E-state index contributed by atoms with van der Waals surface area (Å²) in [5.74, 6) is -0.755. The number of aromatic nitrogens is 1. The lowest BCUT2D eigenvalue weighted by atomic mass is 10.0. The first kappa shape index (κ1) is 14.5. The Labute approximate surface area is 122 Å². The van der Waals surface area contributed by atoms with E-state index in [1.807, 2.05) is 6.07 Å². The standard InChI is InChI=1S/C14H19BrN2O2/c15-12-7-11(9-16-10-12)13(8-14(18)19)17-5-3-1-2-4-6-17/h7,9-10,13H,1-6,8H2,(H,18,19). The smallest absolute Gasteiger partial charge is 0.305 e. The maximum Gasteiger partial charge on any atom is 0.305 e. The molecule has 0 aromatic carbocycles. The van der Waals surface area contributed by atoms with Crippen LogP contribution in [0.4, 0.5) is 0 Å². The molecule has 2 rings (SSSR count). The van der Waals surface area contributed by atoms with Crippen LogP contribution in [0.15, 0.2) is 22.9 Å². The van der Waals surface area contributed by atoms with E-state index in [1.54, 1.807) is 12.4 Å². The third kappa shape index (κ3) is 4.28. The van der Waals surface area contributed by atoms with Crippen LogP contribution in [0.1, 0.15) is 43.7 Å². The number of nitrogens with zero attached hydrogens (tertiary/aromatic N) is 2. The van der Waals surface area contributed by atoms with Crippen LogP contribution < -0.4 is 0 Å². The highest BCUT2D eigenvalue weighted by atomic mass is 79.9. The van der Waals surface area contributed by atoms with E-state index in [2.05, 4.69) is 25.8 Å². The Kier molecular flexibility index (Phi) is 5.34. The fourth-order valence-corrected chi connectivity index (χ4v) is 3.02. The third-order valence-corrected chi connectivity index (χ3v) is 3.99. The number of carboxylic acids is 1. The van der Waals surface area contributed by atoms with Crippen molar-refractivity contribution >= 4 is 21.9 Å². The van der Waals surface area contributed by atoms with Gasteiger partial charge in [0.2, 0.25) is 0 Å². The Hall–Kier alpha value is -0.940. The minimum atomic E-state index is -0.755. The Morgan fingerprint density at radius 3 is 2.58 bits per heavy atom. The van der Waals surface area contributed by atoms with Crippen LogP contribution in [0.3, 0.4) is 0 Å². The summed E-state index contributed by atoms with van der Waals surface area (Å²) in [5.41, 5.74) is 0.985. The van der Waals surface area contributed by atoms with Crippen LogP contribution in [0.2, 0.25) is 0 Å². The van der Waals surface area contributed by atoms with Gasteiger partial charge in [0.15, 0.2) is 0 Å². The lowest BCUT2D eigenvalue weighted by Gasteiger charge is -2.29. The van der Waals surface area contributed by atoms with Gasteiger partial charge < -0.3 is 5.11 Å². The van der Waals surface area contributed by atoms with Gasteiger partial charge in [-0.2, -0.15) is 0 Å². The van der Waals surface area contributed by atoms with Crippen LogP contribution in [0.25, 0.3) is 0 Å². The fourth-order valence-electron chi connectivity index (χ4n) is 2.64. The largest absolute Gasteiger partial charge is 0.481 e. The lowest BCUT2D eigenvalue weighted by molar-refractivity contribution is -0.138. The van der Waals surface area contributed by atoms with E-state index in [1.165, 1.54) is 12.8 Å². The number of aliphatic carboxylic acids is 1. The number of carbonyl (C=O) groups is 1. The molecule has 5 heteroatoms. The highest BCUT2D eigenvalue weighted by molar-refractivity contribution is 9.10.